The number of amides is 1. The first-order valence-electron chi connectivity index (χ1n) is 9.94. The minimum absolute atomic E-state index is 0.0168. The number of aliphatic imine (C=N–C) groups is 1. The number of carbonyl (C=O) groups is 1. The normalized spacial score (nSPS) is 10.8. The van der Waals surface area contributed by atoms with Crippen LogP contribution in [0.15, 0.2) is 94.3 Å². The summed E-state index contributed by atoms with van der Waals surface area (Å²) in [7, 11) is 0. The standard InChI is InChI=1S/C24H16N4O6/c29-24(21-3-1-2-4-22(21)27(30)31)26-19-11-7-17(8-12-19)16-5-9-18(10-6-16)25-15-20-13-14-23(34-20)28(32)33/h1-15H,(H,26,29). The van der Waals surface area contributed by atoms with Crippen LogP contribution in [-0.2, 0) is 0 Å². The number of para-hydroxylation sites is 1. The van der Waals surface area contributed by atoms with Gasteiger partial charge in [-0.25, -0.2) is 0 Å². The van der Waals surface area contributed by atoms with Gasteiger partial charge in [-0.15, -0.1) is 0 Å². The van der Waals surface area contributed by atoms with Crippen LogP contribution in [0.4, 0.5) is 22.9 Å². The molecule has 3 aromatic carbocycles. The SMILES string of the molecule is O=C(Nc1ccc(-c2ccc(N=Cc3ccc([N+](=O)[O-])o3)cc2)cc1)c1ccccc1[N+](=O)[O-]. The first kappa shape index (κ1) is 22.1. The van der Waals surface area contributed by atoms with Crippen molar-refractivity contribution >= 4 is 35.1 Å². The minimum Gasteiger partial charge on any atom is -0.400 e. The zero-order valence-electron chi connectivity index (χ0n) is 17.5. The Bertz CT molecular complexity index is 1390. The molecule has 4 aromatic rings. The number of rotatable bonds is 7. The Morgan fingerprint density at radius 1 is 0.824 bits per heavy atom. The van der Waals surface area contributed by atoms with Gasteiger partial charge in [0.25, 0.3) is 11.6 Å². The molecule has 1 N–H and O–H groups in total. The van der Waals surface area contributed by atoms with E-state index in [0.29, 0.717) is 11.4 Å². The molecule has 4 rings (SSSR count). The predicted octanol–water partition coefficient (Wildman–Crippen LogP) is 5.77. The Balaban J connectivity index is 1.42. The maximum absolute atomic E-state index is 12.5. The van der Waals surface area contributed by atoms with Gasteiger partial charge < -0.3 is 9.73 Å². The van der Waals surface area contributed by atoms with Crippen molar-refractivity contribution in [2.24, 2.45) is 4.99 Å². The predicted molar refractivity (Wildman–Crippen MR) is 126 cm³/mol. The van der Waals surface area contributed by atoms with Gasteiger partial charge in [0.1, 0.15) is 10.5 Å². The Morgan fingerprint density at radius 2 is 1.47 bits per heavy atom. The maximum Gasteiger partial charge on any atom is 0.433 e. The zero-order chi connectivity index (χ0) is 24.1. The fourth-order valence-corrected chi connectivity index (χ4v) is 3.16. The van der Waals surface area contributed by atoms with Crippen LogP contribution in [0.2, 0.25) is 0 Å². The number of benzene rings is 3. The van der Waals surface area contributed by atoms with E-state index in [1.54, 1.807) is 30.3 Å². The van der Waals surface area contributed by atoms with E-state index in [1.165, 1.54) is 36.5 Å². The number of hydrogen-bond donors (Lipinski definition) is 1. The minimum atomic E-state index is -0.617. The van der Waals surface area contributed by atoms with Crippen LogP contribution < -0.4 is 5.32 Å². The van der Waals surface area contributed by atoms with Gasteiger partial charge >= 0.3 is 5.88 Å². The van der Waals surface area contributed by atoms with Crippen molar-refractivity contribution in [3.63, 3.8) is 0 Å². The molecular formula is C24H16N4O6. The number of furan rings is 1. The summed E-state index contributed by atoms with van der Waals surface area (Å²) in [6.45, 7) is 0. The summed E-state index contributed by atoms with van der Waals surface area (Å²) >= 11 is 0. The van der Waals surface area contributed by atoms with E-state index in [-0.39, 0.29) is 22.9 Å². The average Bonchev–Trinajstić information content (AvgIpc) is 3.33. The highest BCUT2D eigenvalue weighted by atomic mass is 16.6. The van der Waals surface area contributed by atoms with Gasteiger partial charge in [0.15, 0.2) is 5.76 Å². The molecule has 0 atom stereocenters. The lowest BCUT2D eigenvalue weighted by Gasteiger charge is -2.07. The fraction of sp³-hybridized carbons (Fsp3) is 0. The van der Waals surface area contributed by atoms with Crippen LogP contribution in [-0.4, -0.2) is 22.0 Å². The molecule has 34 heavy (non-hydrogen) atoms. The summed E-state index contributed by atoms with van der Waals surface area (Å²) in [5.41, 5.74) is 2.66. The number of nitrogens with zero attached hydrogens (tertiary/aromatic N) is 3. The number of carbonyl (C=O) groups excluding carboxylic acids is 1. The van der Waals surface area contributed by atoms with Crippen molar-refractivity contribution in [2.45, 2.75) is 0 Å². The maximum atomic E-state index is 12.5. The van der Waals surface area contributed by atoms with Gasteiger partial charge in [-0.3, -0.25) is 30.0 Å². The summed E-state index contributed by atoms with van der Waals surface area (Å²) in [6.07, 6.45) is 1.40. The number of anilines is 1. The second-order valence-corrected chi connectivity index (χ2v) is 7.04. The molecule has 10 heteroatoms. The van der Waals surface area contributed by atoms with Gasteiger partial charge in [0.05, 0.1) is 22.9 Å². The third-order valence-corrected chi connectivity index (χ3v) is 4.82. The topological polar surface area (TPSA) is 141 Å². The van der Waals surface area contributed by atoms with Crippen molar-refractivity contribution in [3.8, 4) is 11.1 Å². The zero-order valence-corrected chi connectivity index (χ0v) is 17.5. The molecular weight excluding hydrogens is 440 g/mol. The van der Waals surface area contributed by atoms with Crippen LogP contribution in [0, 0.1) is 20.2 Å². The highest BCUT2D eigenvalue weighted by Gasteiger charge is 2.19. The second kappa shape index (κ2) is 9.57. The van der Waals surface area contributed by atoms with Crippen molar-refractivity contribution in [1.29, 1.82) is 0 Å². The Labute approximate surface area is 192 Å². The van der Waals surface area contributed by atoms with E-state index >= 15 is 0 Å². The molecule has 1 amide bonds. The summed E-state index contributed by atoms with van der Waals surface area (Å²) < 4.78 is 5.03. The number of hydrogen-bond acceptors (Lipinski definition) is 7. The van der Waals surface area contributed by atoms with Crippen molar-refractivity contribution in [1.82, 2.24) is 0 Å². The quantitative estimate of drug-likeness (QED) is 0.213. The highest BCUT2D eigenvalue weighted by Crippen LogP contribution is 2.25. The van der Waals surface area contributed by atoms with Gasteiger partial charge in [-0.2, -0.15) is 0 Å². The van der Waals surface area contributed by atoms with Crippen LogP contribution in [0.25, 0.3) is 11.1 Å². The molecule has 0 unspecified atom stereocenters. The fourth-order valence-electron chi connectivity index (χ4n) is 3.16. The van der Waals surface area contributed by atoms with E-state index in [9.17, 15) is 25.0 Å². The molecule has 0 aliphatic heterocycles. The average molecular weight is 456 g/mol. The largest absolute Gasteiger partial charge is 0.433 e. The molecule has 0 fully saturated rings. The van der Waals surface area contributed by atoms with E-state index in [0.717, 1.165) is 11.1 Å². The summed E-state index contributed by atoms with van der Waals surface area (Å²) in [5.74, 6) is -0.642. The molecule has 0 aliphatic carbocycles. The van der Waals surface area contributed by atoms with Crippen LogP contribution >= 0.6 is 0 Å². The van der Waals surface area contributed by atoms with E-state index in [4.69, 9.17) is 4.42 Å². The molecule has 10 nitrogen and oxygen atoms in total. The molecule has 1 aromatic heterocycles. The van der Waals surface area contributed by atoms with Crippen molar-refractivity contribution in [2.75, 3.05) is 5.32 Å². The Hall–Kier alpha value is -5.12. The van der Waals surface area contributed by atoms with Gasteiger partial charge in [-0.1, -0.05) is 36.4 Å². The van der Waals surface area contributed by atoms with Gasteiger partial charge in [-0.05, 0) is 47.5 Å². The molecule has 0 saturated heterocycles. The summed E-state index contributed by atoms with van der Waals surface area (Å²) in [5, 5.41) is 24.5. The van der Waals surface area contributed by atoms with Gasteiger partial charge in [0, 0.05) is 11.8 Å². The lowest BCUT2D eigenvalue weighted by molar-refractivity contribution is -0.402. The molecule has 168 valence electrons. The molecule has 0 saturated carbocycles. The Morgan fingerprint density at radius 3 is 2.09 bits per heavy atom. The van der Waals surface area contributed by atoms with E-state index in [1.807, 2.05) is 24.3 Å². The smallest absolute Gasteiger partial charge is 0.400 e. The van der Waals surface area contributed by atoms with Crippen molar-refractivity contribution in [3.05, 3.63) is 116 Å². The third kappa shape index (κ3) is 5.02. The van der Waals surface area contributed by atoms with Crippen LogP contribution in [0.5, 0.6) is 0 Å². The van der Waals surface area contributed by atoms with Crippen LogP contribution in [0.3, 0.4) is 0 Å². The second-order valence-electron chi connectivity index (χ2n) is 7.04. The first-order valence-corrected chi connectivity index (χ1v) is 9.94. The van der Waals surface area contributed by atoms with Crippen molar-refractivity contribution < 1.29 is 19.1 Å². The number of nitro groups is 2. The number of nitro benzene ring substituents is 1. The molecule has 1 heterocycles. The molecule has 0 spiro atoms. The number of nitrogens with one attached hydrogen (secondary N) is 1. The van der Waals surface area contributed by atoms with E-state index in [2.05, 4.69) is 10.3 Å². The molecule has 0 bridgehead atoms. The third-order valence-electron chi connectivity index (χ3n) is 4.82. The van der Waals surface area contributed by atoms with E-state index < -0.39 is 15.8 Å². The lowest BCUT2D eigenvalue weighted by Crippen LogP contribution is -2.13. The summed E-state index contributed by atoms with van der Waals surface area (Å²) in [6, 6.07) is 22.8. The lowest BCUT2D eigenvalue weighted by atomic mass is 10.0. The van der Waals surface area contributed by atoms with Gasteiger partial charge in [0.2, 0.25) is 0 Å². The molecule has 0 radical (unpaired) electrons. The molecule has 0 aliphatic rings. The monoisotopic (exact) mass is 456 g/mol. The van der Waals surface area contributed by atoms with Crippen LogP contribution in [0.1, 0.15) is 16.1 Å². The Kier molecular flexibility index (Phi) is 6.22. The first-order chi connectivity index (χ1) is 16.4. The highest BCUT2D eigenvalue weighted by molar-refractivity contribution is 6.07. The summed E-state index contributed by atoms with van der Waals surface area (Å²) in [4.78, 5) is 37.3.